The molecule has 0 aliphatic carbocycles. The van der Waals surface area contributed by atoms with Gasteiger partial charge in [0.05, 0.1) is 6.61 Å². The monoisotopic (exact) mass is 464 g/mol. The van der Waals surface area contributed by atoms with Gasteiger partial charge in [-0.2, -0.15) is 8.42 Å². The summed E-state index contributed by atoms with van der Waals surface area (Å²) in [7, 11) is -5.95. The fourth-order valence-corrected chi connectivity index (χ4v) is 4.40. The summed E-state index contributed by atoms with van der Waals surface area (Å²) in [6, 6.07) is 0. The van der Waals surface area contributed by atoms with Crippen LogP contribution in [0.25, 0.3) is 0 Å². The van der Waals surface area contributed by atoms with E-state index in [4.69, 9.17) is 4.74 Å². The number of hydrogen-bond donors (Lipinski definition) is 4. The quantitative estimate of drug-likeness (QED) is 0.0706. The van der Waals surface area contributed by atoms with Crippen molar-refractivity contribution in [2.24, 2.45) is 5.16 Å². The maximum atomic E-state index is 11.0. The van der Waals surface area contributed by atoms with Gasteiger partial charge in [-0.1, -0.05) is 29.8 Å². The lowest BCUT2D eigenvalue weighted by Crippen LogP contribution is -2.57. The highest BCUT2D eigenvalue weighted by molar-refractivity contribution is 8.14. The number of rotatable bonds is 11. The van der Waals surface area contributed by atoms with Crippen LogP contribution in [0.15, 0.2) is 5.16 Å². The molecule has 28 heavy (non-hydrogen) atoms. The van der Waals surface area contributed by atoms with Crippen LogP contribution in [-0.2, 0) is 30.2 Å². The summed E-state index contributed by atoms with van der Waals surface area (Å²) in [5.41, 5.74) is -1.17. The Morgan fingerprint density at radius 1 is 1.18 bits per heavy atom. The van der Waals surface area contributed by atoms with Crippen molar-refractivity contribution in [1.29, 1.82) is 0 Å². The van der Waals surface area contributed by atoms with Crippen molar-refractivity contribution in [2.75, 3.05) is 18.6 Å². The Kier molecular flexibility index (Phi) is 11.4. The first-order valence-corrected chi connectivity index (χ1v) is 12.5. The van der Waals surface area contributed by atoms with Crippen LogP contribution in [0, 0.1) is 0 Å². The minimum atomic E-state index is -5.07. The third kappa shape index (κ3) is 9.45. The second-order valence-corrected chi connectivity index (χ2v) is 9.92. The smallest absolute Gasteiger partial charge is 0.284 e. The number of nitrogens with zero attached hydrogens (tertiary/aromatic N) is 1. The molecule has 1 rings (SSSR count). The van der Waals surface area contributed by atoms with E-state index in [-0.39, 0.29) is 11.5 Å². The van der Waals surface area contributed by atoms with Gasteiger partial charge >= 0.3 is 0 Å². The molecule has 0 radical (unpaired) electrons. The number of oxime groups is 1. The lowest BCUT2D eigenvalue weighted by molar-refractivity contribution is -0.205. The van der Waals surface area contributed by atoms with Gasteiger partial charge in [-0.05, 0) is 19.3 Å². The molecule has 4 N–H and O–H groups in total. The Morgan fingerprint density at radius 3 is 2.39 bits per heavy atom. The average Bonchev–Trinajstić information content (AvgIpc) is 2.61. The molecule has 1 fully saturated rings. The van der Waals surface area contributed by atoms with Crippen LogP contribution in [0.2, 0.25) is 0 Å². The van der Waals surface area contributed by atoms with Crippen molar-refractivity contribution in [3.63, 3.8) is 0 Å². The molecule has 0 aromatic rings. The Morgan fingerprint density at radius 2 is 1.82 bits per heavy atom. The van der Waals surface area contributed by atoms with Gasteiger partial charge < -0.3 is 29.7 Å². The summed E-state index contributed by atoms with van der Waals surface area (Å²) < 4.78 is 52.2. The van der Waals surface area contributed by atoms with E-state index in [2.05, 4.69) is 9.44 Å². The number of thioether (sulfide) groups is 1. The maximum Gasteiger partial charge on any atom is 0.284 e. The zero-order chi connectivity index (χ0) is 21.3. The van der Waals surface area contributed by atoms with Gasteiger partial charge in [0.2, 0.25) is 0 Å². The first-order valence-electron chi connectivity index (χ1n) is 8.53. The number of aliphatic hydroxyl groups is 4. The van der Waals surface area contributed by atoms with E-state index in [1.165, 1.54) is 0 Å². The van der Waals surface area contributed by atoms with Crippen molar-refractivity contribution < 1.29 is 46.6 Å². The zero-order valence-electron chi connectivity index (χ0n) is 15.2. The molecule has 0 amide bonds. The predicted molar refractivity (Wildman–Crippen MR) is 102 cm³/mol. The summed E-state index contributed by atoms with van der Waals surface area (Å²) in [6.07, 6.45) is -1.17. The van der Waals surface area contributed by atoms with Gasteiger partial charge in [-0.15, -0.1) is 0 Å². The van der Waals surface area contributed by atoms with Crippen molar-refractivity contribution in [3.8, 4) is 0 Å². The van der Waals surface area contributed by atoms with Crippen molar-refractivity contribution >= 4 is 38.0 Å². The van der Waals surface area contributed by atoms with E-state index >= 15 is 0 Å². The molecule has 6 atom stereocenters. The van der Waals surface area contributed by atoms with E-state index in [0.717, 1.165) is 31.0 Å². The van der Waals surface area contributed by atoms with E-state index in [1.54, 1.807) is 6.26 Å². The summed E-state index contributed by atoms with van der Waals surface area (Å²) in [5.74, 6) is 0.581. The second kappa shape index (κ2) is 12.4. The largest absolute Gasteiger partial charge is 0.714 e. The van der Waals surface area contributed by atoms with Gasteiger partial charge in [-0.25, -0.2) is 0 Å². The van der Waals surface area contributed by atoms with Gasteiger partial charge in [0.15, 0.2) is 0 Å². The Hall–Kier alpha value is -0.320. The van der Waals surface area contributed by atoms with Crippen LogP contribution >= 0.6 is 11.8 Å². The average molecular weight is 465 g/mol. The van der Waals surface area contributed by atoms with Crippen molar-refractivity contribution in [2.45, 2.75) is 62.0 Å². The van der Waals surface area contributed by atoms with E-state index in [1.807, 2.05) is 0 Å². The highest BCUT2D eigenvalue weighted by Gasteiger charge is 2.44. The Bertz CT molecular complexity index is 627. The molecule has 0 bridgehead atoms. The number of ether oxygens (including phenoxy) is 1. The first kappa shape index (κ1) is 25.7. The molecular weight excluding hydrogens is 438 g/mol. The van der Waals surface area contributed by atoms with Crippen LogP contribution in [0.3, 0.4) is 0 Å². The molecule has 0 saturated carbocycles. The molecule has 11 nitrogen and oxygen atoms in total. The van der Waals surface area contributed by atoms with Gasteiger partial charge in [-0.3, -0.25) is 8.49 Å². The molecule has 166 valence electrons. The number of aliphatic hydroxyl groups excluding tert-OH is 4. The van der Waals surface area contributed by atoms with Crippen LogP contribution < -0.4 is 0 Å². The SMILES string of the molecule is CS(=O)CCCCCCC(=NOS(=O)(=O)[O-])SC1OC(CO)C(O)C(O)C1O. The predicted octanol–water partition coefficient (Wildman–Crippen LogP) is -1.36. The summed E-state index contributed by atoms with van der Waals surface area (Å²) >= 11 is 0.727. The van der Waals surface area contributed by atoms with Crippen LogP contribution in [0.1, 0.15) is 32.1 Å². The minimum absolute atomic E-state index is 0.0304. The van der Waals surface area contributed by atoms with Gasteiger partial charge in [0, 0.05) is 22.8 Å². The zero-order valence-corrected chi connectivity index (χ0v) is 17.7. The molecule has 0 spiro atoms. The highest BCUT2D eigenvalue weighted by atomic mass is 32.3. The summed E-state index contributed by atoms with van der Waals surface area (Å²) in [6.45, 7) is -0.612. The molecule has 0 aromatic heterocycles. The molecule has 14 heteroatoms. The standard InChI is InChI=1S/C14H27NO10S3/c1-27(20)7-5-3-2-4-6-10(15-25-28(21,22)23)26-14-13(19)12(18)11(17)9(8-16)24-14/h9,11-14,16-19H,2-8H2,1H3,(H,21,22,23)/p-1. The van der Waals surface area contributed by atoms with Crippen LogP contribution in [0.4, 0.5) is 0 Å². The Labute approximate surface area is 170 Å². The minimum Gasteiger partial charge on any atom is -0.714 e. The molecule has 1 aliphatic heterocycles. The molecular formula is C14H26NO10S3-. The second-order valence-electron chi connectivity index (χ2n) is 6.22. The fourth-order valence-electron chi connectivity index (χ4n) is 2.45. The molecule has 1 aliphatic rings. The lowest BCUT2D eigenvalue weighted by Gasteiger charge is -2.39. The highest BCUT2D eigenvalue weighted by Crippen LogP contribution is 2.30. The van der Waals surface area contributed by atoms with Crippen molar-refractivity contribution in [1.82, 2.24) is 0 Å². The van der Waals surface area contributed by atoms with Crippen molar-refractivity contribution in [3.05, 3.63) is 0 Å². The van der Waals surface area contributed by atoms with E-state index < -0.39 is 57.7 Å². The normalized spacial score (nSPS) is 30.2. The molecule has 6 unspecified atom stereocenters. The summed E-state index contributed by atoms with van der Waals surface area (Å²) in [5, 5.41) is 42.2. The molecule has 0 aromatic carbocycles. The first-order chi connectivity index (χ1) is 13.0. The van der Waals surface area contributed by atoms with Crippen LogP contribution in [0.5, 0.6) is 0 Å². The third-order valence-corrected chi connectivity index (χ3v) is 6.20. The Balaban J connectivity index is 2.70. The maximum absolute atomic E-state index is 11.0. The lowest BCUT2D eigenvalue weighted by atomic mass is 10.0. The summed E-state index contributed by atoms with van der Waals surface area (Å²) in [4.78, 5) is 0. The van der Waals surface area contributed by atoms with E-state index in [9.17, 15) is 37.6 Å². The fraction of sp³-hybridized carbons (Fsp3) is 0.929. The van der Waals surface area contributed by atoms with E-state index in [0.29, 0.717) is 12.2 Å². The van der Waals surface area contributed by atoms with Gasteiger partial charge in [0.25, 0.3) is 10.4 Å². The van der Waals surface area contributed by atoms with Gasteiger partial charge in [0.1, 0.15) is 34.9 Å². The molecule has 1 saturated heterocycles. The number of unbranched alkanes of at least 4 members (excludes halogenated alkanes) is 3. The molecule has 1 heterocycles. The number of hydrogen-bond acceptors (Lipinski definition) is 12. The van der Waals surface area contributed by atoms with Crippen LogP contribution in [-0.4, -0.2) is 91.1 Å². The third-order valence-electron chi connectivity index (χ3n) is 3.90. The topological polar surface area (TPSA) is 186 Å².